The number of piperazine rings is 1. The number of hydrogen-bond donors (Lipinski definition) is 1. The Morgan fingerprint density at radius 2 is 2.05 bits per heavy atom. The minimum absolute atomic E-state index is 0.130. The third-order valence-electron chi connectivity index (χ3n) is 4.01. The van der Waals surface area contributed by atoms with Crippen LogP contribution >= 0.6 is 0 Å². The number of amides is 1. The maximum atomic E-state index is 12.8. The second-order valence-corrected chi connectivity index (χ2v) is 5.56. The van der Waals surface area contributed by atoms with Crippen molar-refractivity contribution in [1.29, 1.82) is 0 Å². The van der Waals surface area contributed by atoms with E-state index in [0.717, 1.165) is 31.9 Å². The van der Waals surface area contributed by atoms with Crippen LogP contribution in [0.1, 0.15) is 23.0 Å². The maximum Gasteiger partial charge on any atom is 0.270 e. The lowest BCUT2D eigenvalue weighted by molar-refractivity contribution is 0.0645. The number of nitrogens with zero attached hydrogens (tertiary/aromatic N) is 2. The molecule has 1 fully saturated rings. The molecular weight excluding hydrogens is 262 g/mol. The molecule has 0 saturated carbocycles. The zero-order valence-electron chi connectivity index (χ0n) is 12.3. The number of hydrogen-bond acceptors (Lipinski definition) is 2. The minimum Gasteiger partial charge on any atom is -0.339 e. The molecule has 1 unspecified atom stereocenters. The average molecular weight is 283 g/mol. The van der Waals surface area contributed by atoms with Crippen molar-refractivity contribution in [3.8, 4) is 0 Å². The molecule has 21 heavy (non-hydrogen) atoms. The summed E-state index contributed by atoms with van der Waals surface area (Å²) in [7, 11) is 0. The van der Waals surface area contributed by atoms with Crippen molar-refractivity contribution < 1.29 is 4.79 Å². The van der Waals surface area contributed by atoms with Gasteiger partial charge in [-0.05, 0) is 24.6 Å². The summed E-state index contributed by atoms with van der Waals surface area (Å²) >= 11 is 0. The molecule has 110 valence electrons. The van der Waals surface area contributed by atoms with E-state index in [4.69, 9.17) is 0 Å². The van der Waals surface area contributed by atoms with Crippen LogP contribution in [-0.2, 0) is 6.54 Å². The molecule has 1 aliphatic rings. The van der Waals surface area contributed by atoms with Crippen molar-refractivity contribution in [3.05, 3.63) is 59.9 Å². The lowest BCUT2D eigenvalue weighted by atomic mass is 10.2. The van der Waals surface area contributed by atoms with Crippen molar-refractivity contribution in [3.63, 3.8) is 0 Å². The highest BCUT2D eigenvalue weighted by Crippen LogP contribution is 2.13. The van der Waals surface area contributed by atoms with Crippen molar-refractivity contribution in [1.82, 2.24) is 14.8 Å². The van der Waals surface area contributed by atoms with E-state index in [1.165, 1.54) is 5.56 Å². The van der Waals surface area contributed by atoms with E-state index < -0.39 is 0 Å². The molecule has 1 amide bonds. The van der Waals surface area contributed by atoms with Crippen molar-refractivity contribution in [2.45, 2.75) is 19.5 Å². The molecular formula is C17H21N3O. The van der Waals surface area contributed by atoms with Gasteiger partial charge in [-0.1, -0.05) is 30.3 Å². The third-order valence-corrected chi connectivity index (χ3v) is 4.01. The van der Waals surface area contributed by atoms with Gasteiger partial charge in [0.25, 0.3) is 5.91 Å². The van der Waals surface area contributed by atoms with Crippen LogP contribution in [0.25, 0.3) is 0 Å². The standard InChI is InChI=1S/C17H21N3O/c1-14-12-18-9-11-20(14)17(21)16-8-5-10-19(16)13-15-6-3-2-4-7-15/h2-8,10,14,18H,9,11-13H2,1H3. The third kappa shape index (κ3) is 3.00. The van der Waals surface area contributed by atoms with Crippen molar-refractivity contribution in [2.75, 3.05) is 19.6 Å². The Bertz CT molecular complexity index is 606. The molecule has 2 aromatic rings. The van der Waals surface area contributed by atoms with Crippen LogP contribution in [-0.4, -0.2) is 41.1 Å². The first-order valence-electron chi connectivity index (χ1n) is 7.46. The summed E-state index contributed by atoms with van der Waals surface area (Å²) < 4.78 is 2.03. The number of rotatable bonds is 3. The van der Waals surface area contributed by atoms with E-state index in [2.05, 4.69) is 24.4 Å². The van der Waals surface area contributed by atoms with E-state index in [-0.39, 0.29) is 11.9 Å². The van der Waals surface area contributed by atoms with Crippen molar-refractivity contribution >= 4 is 5.91 Å². The number of aromatic nitrogens is 1. The second-order valence-electron chi connectivity index (χ2n) is 5.56. The number of carbonyl (C=O) groups excluding carboxylic acids is 1. The van der Waals surface area contributed by atoms with Gasteiger partial charge in [-0.15, -0.1) is 0 Å². The Labute approximate surface area is 125 Å². The van der Waals surface area contributed by atoms with Crippen LogP contribution in [0.15, 0.2) is 48.7 Å². The molecule has 1 N–H and O–H groups in total. The van der Waals surface area contributed by atoms with Gasteiger partial charge in [-0.2, -0.15) is 0 Å². The molecule has 0 bridgehead atoms. The quantitative estimate of drug-likeness (QED) is 0.935. The minimum atomic E-state index is 0.130. The summed E-state index contributed by atoms with van der Waals surface area (Å²) in [5.74, 6) is 0.130. The predicted octanol–water partition coefficient (Wildman–Crippen LogP) is 1.97. The molecule has 1 saturated heterocycles. The molecule has 1 aromatic carbocycles. The molecule has 2 heterocycles. The lowest BCUT2D eigenvalue weighted by Crippen LogP contribution is -2.52. The van der Waals surface area contributed by atoms with Gasteiger partial charge in [0.15, 0.2) is 0 Å². The van der Waals surface area contributed by atoms with Gasteiger partial charge in [-0.25, -0.2) is 0 Å². The molecule has 0 spiro atoms. The van der Waals surface area contributed by atoms with Gasteiger partial charge in [0.05, 0.1) is 0 Å². The van der Waals surface area contributed by atoms with E-state index in [0.29, 0.717) is 0 Å². The lowest BCUT2D eigenvalue weighted by Gasteiger charge is -2.34. The highest BCUT2D eigenvalue weighted by Gasteiger charge is 2.25. The van der Waals surface area contributed by atoms with Gasteiger partial charge in [-0.3, -0.25) is 4.79 Å². The maximum absolute atomic E-state index is 12.8. The van der Waals surface area contributed by atoms with Gasteiger partial charge in [0, 0.05) is 38.4 Å². The Balaban J connectivity index is 1.80. The van der Waals surface area contributed by atoms with Crippen LogP contribution in [0.4, 0.5) is 0 Å². The summed E-state index contributed by atoms with van der Waals surface area (Å²) in [4.78, 5) is 14.7. The van der Waals surface area contributed by atoms with Crippen LogP contribution in [0, 0.1) is 0 Å². The first-order valence-corrected chi connectivity index (χ1v) is 7.46. The smallest absolute Gasteiger partial charge is 0.270 e. The normalized spacial score (nSPS) is 18.7. The fraction of sp³-hybridized carbons (Fsp3) is 0.353. The second kappa shape index (κ2) is 6.14. The van der Waals surface area contributed by atoms with Gasteiger partial charge in [0.2, 0.25) is 0 Å². The monoisotopic (exact) mass is 283 g/mol. The van der Waals surface area contributed by atoms with Crippen LogP contribution in [0.2, 0.25) is 0 Å². The zero-order chi connectivity index (χ0) is 14.7. The molecule has 1 aromatic heterocycles. The SMILES string of the molecule is CC1CNCCN1C(=O)c1cccn1Cc1ccccc1. The molecule has 0 radical (unpaired) electrons. The van der Waals surface area contributed by atoms with Crippen LogP contribution in [0.5, 0.6) is 0 Å². The summed E-state index contributed by atoms with van der Waals surface area (Å²) in [6.45, 7) is 5.33. The van der Waals surface area contributed by atoms with Gasteiger partial charge in [0.1, 0.15) is 5.69 Å². The number of carbonyl (C=O) groups is 1. The van der Waals surface area contributed by atoms with Crippen LogP contribution in [0.3, 0.4) is 0 Å². The average Bonchev–Trinajstić information content (AvgIpc) is 2.96. The summed E-state index contributed by atoms with van der Waals surface area (Å²) in [6, 6.07) is 14.3. The summed E-state index contributed by atoms with van der Waals surface area (Å²) in [5, 5.41) is 3.32. The van der Waals surface area contributed by atoms with Gasteiger partial charge < -0.3 is 14.8 Å². The van der Waals surface area contributed by atoms with E-state index in [9.17, 15) is 4.79 Å². The first kappa shape index (κ1) is 13.9. The Morgan fingerprint density at radius 3 is 2.81 bits per heavy atom. The van der Waals surface area contributed by atoms with Crippen molar-refractivity contribution in [2.24, 2.45) is 0 Å². The molecule has 4 nitrogen and oxygen atoms in total. The highest BCUT2D eigenvalue weighted by atomic mass is 16.2. The summed E-state index contributed by atoms with van der Waals surface area (Å²) in [5.41, 5.74) is 1.98. The number of nitrogens with one attached hydrogen (secondary N) is 1. The Hall–Kier alpha value is -2.07. The molecule has 4 heteroatoms. The Morgan fingerprint density at radius 1 is 1.24 bits per heavy atom. The van der Waals surface area contributed by atoms with E-state index >= 15 is 0 Å². The fourth-order valence-electron chi connectivity index (χ4n) is 2.82. The summed E-state index contributed by atoms with van der Waals surface area (Å²) in [6.07, 6.45) is 1.98. The zero-order valence-corrected chi connectivity index (χ0v) is 12.3. The molecule has 3 rings (SSSR count). The number of benzene rings is 1. The topological polar surface area (TPSA) is 37.3 Å². The Kier molecular flexibility index (Phi) is 4.06. The molecule has 1 aliphatic heterocycles. The predicted molar refractivity (Wildman–Crippen MR) is 83.3 cm³/mol. The fourth-order valence-corrected chi connectivity index (χ4v) is 2.82. The molecule has 0 aliphatic carbocycles. The largest absolute Gasteiger partial charge is 0.339 e. The van der Waals surface area contributed by atoms with Crippen LogP contribution < -0.4 is 5.32 Å². The first-order chi connectivity index (χ1) is 10.3. The van der Waals surface area contributed by atoms with E-state index in [1.807, 2.05) is 46.0 Å². The van der Waals surface area contributed by atoms with Gasteiger partial charge >= 0.3 is 0 Å². The molecule has 1 atom stereocenters. The van der Waals surface area contributed by atoms with E-state index in [1.54, 1.807) is 0 Å². The highest BCUT2D eigenvalue weighted by molar-refractivity contribution is 5.93.